The van der Waals surface area contributed by atoms with Crippen molar-refractivity contribution in [2.75, 3.05) is 34.9 Å². The molecule has 0 aromatic carbocycles. The third-order valence-electron chi connectivity index (χ3n) is 1.75. The van der Waals surface area contributed by atoms with Crippen molar-refractivity contribution in [3.63, 3.8) is 0 Å². The molecular weight excluding hydrogens is 221 g/mol. The van der Waals surface area contributed by atoms with E-state index in [1.807, 2.05) is 0 Å². The summed E-state index contributed by atoms with van der Waals surface area (Å²) in [5.74, 6) is -2.14. The second-order valence-electron chi connectivity index (χ2n) is 3.97. The zero-order valence-corrected chi connectivity index (χ0v) is 10.6. The molecule has 0 bridgehead atoms. The number of nitrogens with zero attached hydrogens (tertiary/aromatic N) is 1. The number of quaternary nitrogens is 1. The number of hydrogen-bond donors (Lipinski definition) is 0. The monoisotopic (exact) mass is 239 g/mol. The van der Waals surface area contributed by atoms with Gasteiger partial charge in [-0.05, 0) is 6.92 Å². The Morgan fingerprint density at radius 2 is 1.93 bits per heavy atom. The van der Waals surface area contributed by atoms with Crippen molar-refractivity contribution in [3.8, 4) is 0 Å². The lowest BCUT2D eigenvalue weighted by Crippen LogP contribution is -2.52. The Bertz CT molecular complexity index is 273. The highest BCUT2D eigenvalue weighted by molar-refractivity contribution is 7.53. The van der Waals surface area contributed by atoms with E-state index in [-0.39, 0.29) is 11.1 Å². The molecule has 0 amide bonds. The zero-order valence-electron chi connectivity index (χ0n) is 9.72. The van der Waals surface area contributed by atoms with Gasteiger partial charge in [0, 0.05) is 0 Å². The molecule has 15 heavy (non-hydrogen) atoms. The molecule has 2 unspecified atom stereocenters. The van der Waals surface area contributed by atoms with Crippen LogP contribution in [0.15, 0.2) is 0 Å². The Kier molecular flexibility index (Phi) is 4.93. The van der Waals surface area contributed by atoms with Crippen LogP contribution in [0.1, 0.15) is 6.92 Å². The number of likely N-dealkylation sites (N-methyl/N-ethyl adjacent to an activating group) is 1. The molecule has 0 N–H and O–H groups in total. The van der Waals surface area contributed by atoms with Gasteiger partial charge < -0.3 is 23.2 Å². The largest absolute Gasteiger partial charge is 0.774 e. The van der Waals surface area contributed by atoms with Gasteiger partial charge in [0.25, 0.3) is 0 Å². The first-order valence-electron chi connectivity index (χ1n) is 4.51. The summed E-state index contributed by atoms with van der Waals surface area (Å²) in [5.41, 5.74) is 0. The minimum Gasteiger partial charge on any atom is -0.774 e. The molecule has 0 spiro atoms. The van der Waals surface area contributed by atoms with Gasteiger partial charge in [0.1, 0.15) is 0 Å². The molecule has 7 heteroatoms. The van der Waals surface area contributed by atoms with Crippen LogP contribution in [0.3, 0.4) is 0 Å². The average molecular weight is 239 g/mol. The Labute approximate surface area is 89.9 Å². The topological polar surface area (TPSA) is 75.7 Å². The molecule has 0 aromatic heterocycles. The quantitative estimate of drug-likeness (QED) is 0.376. The summed E-state index contributed by atoms with van der Waals surface area (Å²) < 4.78 is 20.7. The van der Waals surface area contributed by atoms with Crippen LogP contribution in [0.4, 0.5) is 0 Å². The Hall–Kier alpha value is -0.420. The van der Waals surface area contributed by atoms with Gasteiger partial charge in [-0.3, -0.25) is 0 Å². The molecule has 0 saturated carbocycles. The summed E-state index contributed by atoms with van der Waals surface area (Å²) >= 11 is 0. The molecule has 0 radical (unpaired) electrons. The van der Waals surface area contributed by atoms with Gasteiger partial charge in [-0.1, -0.05) is 0 Å². The normalized spacial score (nSPS) is 18.0. The van der Waals surface area contributed by atoms with Crippen LogP contribution in [-0.4, -0.2) is 51.1 Å². The number of esters is 1. The standard InChI is InChI=1S/C8H18NO5P/c1-6-14-15(11,12)7(8(10)13-5)9(2,3)4/h7H,6H2,1-5H3. The lowest BCUT2D eigenvalue weighted by Gasteiger charge is -2.38. The van der Waals surface area contributed by atoms with E-state index in [4.69, 9.17) is 0 Å². The molecule has 0 aliphatic rings. The summed E-state index contributed by atoms with van der Waals surface area (Å²) in [6, 6.07) is 0. The lowest BCUT2D eigenvalue weighted by atomic mass is 10.5. The van der Waals surface area contributed by atoms with E-state index in [1.54, 1.807) is 28.1 Å². The third-order valence-corrected chi connectivity index (χ3v) is 3.88. The van der Waals surface area contributed by atoms with Gasteiger partial charge in [-0.2, -0.15) is 0 Å². The molecule has 90 valence electrons. The van der Waals surface area contributed by atoms with E-state index in [1.165, 1.54) is 0 Å². The number of hydrogen-bond acceptors (Lipinski definition) is 5. The summed E-state index contributed by atoms with van der Waals surface area (Å²) in [5, 5.41) is 0. The summed E-state index contributed by atoms with van der Waals surface area (Å²) in [6.07, 6.45) is 0. The van der Waals surface area contributed by atoms with Crippen LogP contribution in [0, 0.1) is 0 Å². The first-order valence-corrected chi connectivity index (χ1v) is 6.12. The first kappa shape index (κ1) is 14.6. The average Bonchev–Trinajstić information content (AvgIpc) is 2.00. The molecule has 0 aliphatic carbocycles. The second-order valence-corrected chi connectivity index (χ2v) is 5.80. The predicted octanol–water partition coefficient (Wildman–Crippen LogP) is -0.218. The van der Waals surface area contributed by atoms with E-state index >= 15 is 0 Å². The molecule has 0 aliphatic heterocycles. The minimum atomic E-state index is -4.25. The van der Waals surface area contributed by atoms with Gasteiger partial charge >= 0.3 is 5.97 Å². The van der Waals surface area contributed by atoms with E-state index in [9.17, 15) is 14.3 Å². The van der Waals surface area contributed by atoms with Crippen LogP contribution in [-0.2, 0) is 18.6 Å². The van der Waals surface area contributed by atoms with Crippen molar-refractivity contribution in [2.45, 2.75) is 12.7 Å². The van der Waals surface area contributed by atoms with Crippen LogP contribution < -0.4 is 4.89 Å². The van der Waals surface area contributed by atoms with E-state index < -0.39 is 19.3 Å². The number of methoxy groups -OCH3 is 1. The first-order chi connectivity index (χ1) is 6.66. The highest BCUT2D eigenvalue weighted by Gasteiger charge is 2.42. The van der Waals surface area contributed by atoms with Crippen molar-refractivity contribution in [3.05, 3.63) is 0 Å². The number of ether oxygens (including phenoxy) is 1. The molecule has 0 rings (SSSR count). The molecule has 2 atom stereocenters. The SMILES string of the molecule is CCOP(=O)([O-])C(C(=O)OC)[N+](C)(C)C. The number of carbonyl (C=O) groups is 1. The van der Waals surface area contributed by atoms with Crippen molar-refractivity contribution < 1.29 is 28.0 Å². The summed E-state index contributed by atoms with van der Waals surface area (Å²) in [6.45, 7) is 1.56. The van der Waals surface area contributed by atoms with E-state index in [2.05, 4.69) is 9.26 Å². The molecule has 0 heterocycles. The fraction of sp³-hybridized carbons (Fsp3) is 0.875. The van der Waals surface area contributed by atoms with Crippen LogP contribution in [0.5, 0.6) is 0 Å². The maximum absolute atomic E-state index is 11.7. The third kappa shape index (κ3) is 3.91. The zero-order chi connectivity index (χ0) is 12.3. The minimum absolute atomic E-state index is 0.00821. The number of carbonyl (C=O) groups excluding carboxylic acids is 1. The van der Waals surface area contributed by atoms with Gasteiger partial charge in [-0.25, -0.2) is 4.79 Å². The summed E-state index contributed by atoms with van der Waals surface area (Å²) in [7, 11) is 1.67. The van der Waals surface area contributed by atoms with Gasteiger partial charge in [-0.15, -0.1) is 0 Å². The highest BCUT2D eigenvalue weighted by Crippen LogP contribution is 2.46. The van der Waals surface area contributed by atoms with Gasteiger partial charge in [0.05, 0.1) is 34.9 Å². The van der Waals surface area contributed by atoms with Gasteiger partial charge in [0.15, 0.2) is 0 Å². The fourth-order valence-electron chi connectivity index (χ4n) is 1.23. The maximum atomic E-state index is 11.7. The van der Waals surface area contributed by atoms with Crippen LogP contribution in [0.2, 0.25) is 0 Å². The van der Waals surface area contributed by atoms with Crippen molar-refractivity contribution in [1.82, 2.24) is 0 Å². The maximum Gasteiger partial charge on any atom is 0.373 e. The fourth-order valence-corrected chi connectivity index (χ4v) is 2.94. The molecule has 0 fully saturated rings. The number of rotatable bonds is 5. The van der Waals surface area contributed by atoms with Crippen molar-refractivity contribution >= 4 is 13.6 Å². The smallest absolute Gasteiger partial charge is 0.373 e. The predicted molar refractivity (Wildman–Crippen MR) is 53.1 cm³/mol. The molecule has 6 nitrogen and oxygen atoms in total. The van der Waals surface area contributed by atoms with Crippen molar-refractivity contribution in [1.29, 1.82) is 0 Å². The van der Waals surface area contributed by atoms with Crippen LogP contribution in [0.25, 0.3) is 0 Å². The van der Waals surface area contributed by atoms with Crippen LogP contribution >= 0.6 is 7.60 Å². The van der Waals surface area contributed by atoms with Crippen molar-refractivity contribution in [2.24, 2.45) is 0 Å². The second kappa shape index (κ2) is 5.07. The summed E-state index contributed by atoms with van der Waals surface area (Å²) in [4.78, 5) is 23.1. The molecular formula is C8H18NO5P. The molecule has 0 aromatic rings. The Morgan fingerprint density at radius 3 is 2.20 bits per heavy atom. The van der Waals surface area contributed by atoms with Gasteiger partial charge in [0.2, 0.25) is 13.4 Å². The Balaban J connectivity index is 5.12. The lowest BCUT2D eigenvalue weighted by molar-refractivity contribution is -0.876. The van der Waals surface area contributed by atoms with E-state index in [0.717, 1.165) is 7.11 Å². The molecule has 0 saturated heterocycles. The highest BCUT2D eigenvalue weighted by atomic mass is 31.2. The Morgan fingerprint density at radius 1 is 1.47 bits per heavy atom. The van der Waals surface area contributed by atoms with E-state index in [0.29, 0.717) is 0 Å².